The van der Waals surface area contributed by atoms with Crippen LogP contribution >= 0.6 is 11.3 Å². The molecule has 0 saturated heterocycles. The smallest absolute Gasteiger partial charge is 0.224 e. The van der Waals surface area contributed by atoms with Gasteiger partial charge in [-0.3, -0.25) is 4.79 Å². The fraction of sp³-hybridized carbons (Fsp3) is 0.615. The Kier molecular flexibility index (Phi) is 3.84. The third kappa shape index (κ3) is 2.53. The molecule has 1 aliphatic rings. The summed E-state index contributed by atoms with van der Waals surface area (Å²) >= 11 is 1.81. The van der Waals surface area contributed by atoms with E-state index < -0.39 is 0 Å². The summed E-state index contributed by atoms with van der Waals surface area (Å²) in [5, 5.41) is 2.13. The van der Waals surface area contributed by atoms with E-state index in [1.165, 1.54) is 10.4 Å². The zero-order valence-corrected chi connectivity index (χ0v) is 11.3. The van der Waals surface area contributed by atoms with Gasteiger partial charge in [-0.05, 0) is 36.8 Å². The lowest BCUT2D eigenvalue weighted by atomic mass is 9.97. The fourth-order valence-electron chi connectivity index (χ4n) is 2.53. The van der Waals surface area contributed by atoms with Crippen molar-refractivity contribution in [2.45, 2.75) is 45.2 Å². The van der Waals surface area contributed by atoms with Crippen LogP contribution in [0.5, 0.6) is 0 Å². The van der Waals surface area contributed by atoms with Crippen molar-refractivity contribution < 1.29 is 4.79 Å². The van der Waals surface area contributed by atoms with E-state index in [0.29, 0.717) is 6.42 Å². The summed E-state index contributed by atoms with van der Waals surface area (Å²) in [6.07, 6.45) is 2.43. The predicted molar refractivity (Wildman–Crippen MR) is 71.0 cm³/mol. The highest BCUT2D eigenvalue weighted by atomic mass is 32.1. The number of rotatable bonds is 3. The van der Waals surface area contributed by atoms with Crippen LogP contribution in [-0.4, -0.2) is 23.4 Å². The molecule has 0 spiro atoms. The first-order valence-corrected chi connectivity index (χ1v) is 7.12. The van der Waals surface area contributed by atoms with Crippen LogP contribution in [0.2, 0.25) is 0 Å². The lowest BCUT2D eigenvalue weighted by Gasteiger charge is -2.36. The van der Waals surface area contributed by atoms with E-state index in [1.807, 2.05) is 23.2 Å². The van der Waals surface area contributed by atoms with Gasteiger partial charge >= 0.3 is 0 Å². The Balaban J connectivity index is 2.17. The maximum Gasteiger partial charge on any atom is 0.224 e. The molecular formula is C13H20N2OS. The highest BCUT2D eigenvalue weighted by Gasteiger charge is 2.30. The third-order valence-corrected chi connectivity index (χ3v) is 4.30. The number of thiophene rings is 1. The summed E-state index contributed by atoms with van der Waals surface area (Å²) in [6.45, 7) is 4.87. The molecule has 0 bridgehead atoms. The highest BCUT2D eigenvalue weighted by molar-refractivity contribution is 7.10. The number of hydrogen-bond donors (Lipinski definition) is 1. The van der Waals surface area contributed by atoms with Gasteiger partial charge in [-0.25, -0.2) is 0 Å². The summed E-state index contributed by atoms with van der Waals surface area (Å²) in [5.41, 5.74) is 7.06. The van der Waals surface area contributed by atoms with E-state index in [0.717, 1.165) is 19.4 Å². The zero-order valence-electron chi connectivity index (χ0n) is 10.5. The molecule has 0 fully saturated rings. The predicted octanol–water partition coefficient (Wildman–Crippen LogP) is 2.32. The van der Waals surface area contributed by atoms with Gasteiger partial charge in [0.25, 0.3) is 0 Å². The molecule has 0 saturated carbocycles. The molecule has 4 heteroatoms. The largest absolute Gasteiger partial charge is 0.335 e. The first kappa shape index (κ1) is 12.6. The van der Waals surface area contributed by atoms with Crippen molar-refractivity contribution in [3.63, 3.8) is 0 Å². The van der Waals surface area contributed by atoms with Gasteiger partial charge in [0, 0.05) is 23.9 Å². The molecule has 0 aliphatic carbocycles. The summed E-state index contributed by atoms with van der Waals surface area (Å²) in [6, 6.07) is 2.37. The fourth-order valence-corrected chi connectivity index (χ4v) is 3.46. The number of nitrogens with zero attached hydrogens (tertiary/aromatic N) is 1. The summed E-state index contributed by atoms with van der Waals surface area (Å²) < 4.78 is 0. The van der Waals surface area contributed by atoms with Crippen molar-refractivity contribution in [2.75, 3.05) is 6.54 Å². The summed E-state index contributed by atoms with van der Waals surface area (Å²) in [4.78, 5) is 15.6. The molecule has 2 unspecified atom stereocenters. The molecule has 2 atom stereocenters. The molecule has 1 aromatic rings. The van der Waals surface area contributed by atoms with E-state index in [2.05, 4.69) is 18.4 Å². The van der Waals surface area contributed by atoms with Gasteiger partial charge in [-0.1, -0.05) is 6.92 Å². The Hall–Kier alpha value is -0.870. The van der Waals surface area contributed by atoms with Crippen LogP contribution < -0.4 is 5.73 Å². The minimum absolute atomic E-state index is 0.0520. The SMILES string of the molecule is CCC1c2ccsc2CCN1C(=O)CC(C)N. The number of carbonyl (C=O) groups excluding carboxylic acids is 1. The van der Waals surface area contributed by atoms with Crippen molar-refractivity contribution in [3.05, 3.63) is 21.9 Å². The number of fused-ring (bicyclic) bond motifs is 1. The maximum absolute atomic E-state index is 12.2. The first-order chi connectivity index (χ1) is 8.13. The monoisotopic (exact) mass is 252 g/mol. The second kappa shape index (κ2) is 5.19. The Morgan fingerprint density at radius 1 is 1.71 bits per heavy atom. The quantitative estimate of drug-likeness (QED) is 0.897. The van der Waals surface area contributed by atoms with Crippen molar-refractivity contribution in [2.24, 2.45) is 5.73 Å². The van der Waals surface area contributed by atoms with Crippen molar-refractivity contribution in [1.29, 1.82) is 0 Å². The lowest BCUT2D eigenvalue weighted by molar-refractivity contribution is -0.134. The normalized spacial score (nSPS) is 21.1. The molecule has 0 aromatic carbocycles. The molecule has 2 N–H and O–H groups in total. The second-order valence-corrected chi connectivity index (χ2v) is 5.74. The molecule has 17 heavy (non-hydrogen) atoms. The molecule has 1 aromatic heterocycles. The van der Waals surface area contributed by atoms with Gasteiger partial charge in [-0.15, -0.1) is 11.3 Å². The summed E-state index contributed by atoms with van der Waals surface area (Å²) in [5.74, 6) is 0.198. The van der Waals surface area contributed by atoms with Crippen LogP contribution in [0, 0.1) is 0 Å². The van der Waals surface area contributed by atoms with Gasteiger partial charge in [0.2, 0.25) is 5.91 Å². The van der Waals surface area contributed by atoms with Crippen LogP contribution in [0.15, 0.2) is 11.4 Å². The molecule has 3 nitrogen and oxygen atoms in total. The molecular weight excluding hydrogens is 232 g/mol. The Labute approximate surface area is 107 Å². The lowest BCUT2D eigenvalue weighted by Crippen LogP contribution is -2.41. The average molecular weight is 252 g/mol. The van der Waals surface area contributed by atoms with Gasteiger partial charge < -0.3 is 10.6 Å². The Bertz CT molecular complexity index is 400. The van der Waals surface area contributed by atoms with Gasteiger partial charge in [0.05, 0.1) is 6.04 Å². The highest BCUT2D eigenvalue weighted by Crippen LogP contribution is 2.35. The minimum Gasteiger partial charge on any atom is -0.335 e. The third-order valence-electron chi connectivity index (χ3n) is 3.30. The molecule has 2 heterocycles. The van der Waals surface area contributed by atoms with Gasteiger partial charge in [0.1, 0.15) is 0 Å². The number of nitrogens with two attached hydrogens (primary N) is 1. The number of hydrogen-bond acceptors (Lipinski definition) is 3. The van der Waals surface area contributed by atoms with E-state index in [1.54, 1.807) is 0 Å². The number of carbonyl (C=O) groups is 1. The van der Waals surface area contributed by atoms with Crippen LogP contribution in [0.3, 0.4) is 0 Å². The van der Waals surface area contributed by atoms with E-state index in [9.17, 15) is 4.79 Å². The van der Waals surface area contributed by atoms with Crippen LogP contribution in [0.25, 0.3) is 0 Å². The Morgan fingerprint density at radius 3 is 3.12 bits per heavy atom. The van der Waals surface area contributed by atoms with Crippen molar-refractivity contribution in [3.8, 4) is 0 Å². The summed E-state index contributed by atoms with van der Waals surface area (Å²) in [7, 11) is 0. The molecule has 0 radical (unpaired) electrons. The van der Waals surface area contributed by atoms with Gasteiger partial charge in [-0.2, -0.15) is 0 Å². The van der Waals surface area contributed by atoms with E-state index >= 15 is 0 Å². The molecule has 1 amide bonds. The second-order valence-electron chi connectivity index (χ2n) is 4.74. The van der Waals surface area contributed by atoms with Gasteiger partial charge in [0.15, 0.2) is 0 Å². The Morgan fingerprint density at radius 2 is 2.47 bits per heavy atom. The standard InChI is InChI=1S/C13H20N2OS/c1-3-11-10-5-7-17-12(10)4-6-15(11)13(16)8-9(2)14/h5,7,9,11H,3-4,6,8,14H2,1-2H3. The molecule has 94 valence electrons. The topological polar surface area (TPSA) is 46.3 Å². The van der Waals surface area contributed by atoms with Crippen molar-refractivity contribution >= 4 is 17.2 Å². The first-order valence-electron chi connectivity index (χ1n) is 6.24. The maximum atomic E-state index is 12.2. The molecule has 1 aliphatic heterocycles. The van der Waals surface area contributed by atoms with E-state index in [4.69, 9.17) is 5.73 Å². The van der Waals surface area contributed by atoms with Crippen LogP contribution in [0.1, 0.15) is 43.2 Å². The minimum atomic E-state index is -0.0520. The van der Waals surface area contributed by atoms with Crippen LogP contribution in [-0.2, 0) is 11.2 Å². The number of amides is 1. The average Bonchev–Trinajstić information content (AvgIpc) is 2.74. The van der Waals surface area contributed by atoms with Crippen LogP contribution in [0.4, 0.5) is 0 Å². The van der Waals surface area contributed by atoms with E-state index in [-0.39, 0.29) is 18.0 Å². The van der Waals surface area contributed by atoms with Crippen molar-refractivity contribution in [1.82, 2.24) is 4.90 Å². The zero-order chi connectivity index (χ0) is 12.4. The molecule has 2 rings (SSSR count).